The molecule has 0 saturated carbocycles. The zero-order valence-corrected chi connectivity index (χ0v) is 7.62. The Labute approximate surface area is 68.7 Å². The van der Waals surface area contributed by atoms with Crippen LogP contribution in [-0.4, -0.2) is 26.2 Å². The predicted octanol–water partition coefficient (Wildman–Crippen LogP) is 0.788. The fourth-order valence-electron chi connectivity index (χ4n) is 0.808. The number of thioether (sulfide) groups is 1. The molecule has 1 aromatic heterocycles. The van der Waals surface area contributed by atoms with Gasteiger partial charge in [-0.25, -0.2) is 0 Å². The summed E-state index contributed by atoms with van der Waals surface area (Å²) in [6.45, 7) is 0. The number of hydrogen-bond donors (Lipinski definition) is 1. The Bertz CT molecular complexity index is 270. The zero-order valence-electron chi connectivity index (χ0n) is 5.09. The van der Waals surface area contributed by atoms with Crippen molar-refractivity contribution < 1.29 is 4.79 Å². The summed E-state index contributed by atoms with van der Waals surface area (Å²) < 4.78 is 1.15. The van der Waals surface area contributed by atoms with E-state index < -0.39 is 0 Å². The molecule has 1 aromatic rings. The van der Waals surface area contributed by atoms with Crippen LogP contribution in [0.3, 0.4) is 0 Å². The Kier molecular flexibility index (Phi) is 1.60. The molecule has 10 heavy (non-hydrogen) atoms. The van der Waals surface area contributed by atoms with Gasteiger partial charge in [-0.2, -0.15) is 0 Å². The molecule has 1 N–H and O–H groups in total. The average molecular weight is 218 g/mol. The molecule has 4 heteroatoms. The molecule has 0 bridgehead atoms. The van der Waals surface area contributed by atoms with E-state index in [0.29, 0.717) is 20.3 Å². The third-order valence-electron chi connectivity index (χ3n) is 1.24. The second-order valence-corrected chi connectivity index (χ2v) is 4.89. The van der Waals surface area contributed by atoms with Crippen molar-refractivity contribution in [3.8, 4) is 0 Å². The third-order valence-corrected chi connectivity index (χ3v) is 4.33. The summed E-state index contributed by atoms with van der Waals surface area (Å²) in [5, 5.41) is 2.86. The van der Waals surface area contributed by atoms with E-state index in [1.807, 2.05) is 0 Å². The second-order valence-electron chi connectivity index (χ2n) is 1.95. The van der Waals surface area contributed by atoms with Crippen LogP contribution < -0.4 is 5.32 Å². The Morgan fingerprint density at radius 1 is 1.70 bits per heavy atom. The van der Waals surface area contributed by atoms with Gasteiger partial charge in [-0.3, -0.25) is 0 Å². The Morgan fingerprint density at radius 3 is 3.50 bits per heavy atom. The molecule has 0 atom stereocenters. The maximum atomic E-state index is 10.8. The van der Waals surface area contributed by atoms with Gasteiger partial charge in [0.25, 0.3) is 0 Å². The molecule has 0 unspecified atom stereocenters. The number of carbonyl (C=O) groups is 1. The summed E-state index contributed by atoms with van der Waals surface area (Å²) in [7, 11) is 0. The number of hydrogen-bond acceptors (Lipinski definition) is 2. The number of fused-ring (bicyclic) bond motifs is 1. The van der Waals surface area contributed by atoms with Crippen molar-refractivity contribution in [3.63, 3.8) is 0 Å². The van der Waals surface area contributed by atoms with Crippen LogP contribution in [0.1, 0.15) is 0 Å². The van der Waals surface area contributed by atoms with Crippen molar-refractivity contribution in [2.24, 2.45) is 0 Å². The van der Waals surface area contributed by atoms with Crippen molar-refractivity contribution in [3.05, 3.63) is 11.0 Å². The first-order valence-electron chi connectivity index (χ1n) is 2.86. The third kappa shape index (κ3) is 1.03. The molecule has 52 valence electrons. The van der Waals surface area contributed by atoms with Gasteiger partial charge in [0, 0.05) is 0 Å². The van der Waals surface area contributed by atoms with Gasteiger partial charge in [0.05, 0.1) is 0 Å². The number of rotatable bonds is 0. The molecule has 2 rings (SSSR count). The summed E-state index contributed by atoms with van der Waals surface area (Å²) in [5.74, 6) is 0.730. The minimum atomic E-state index is 0.148. The number of carbonyl (C=O) groups excluding carboxylic acids is 1. The summed E-state index contributed by atoms with van der Waals surface area (Å²) in [5.41, 5.74) is 0. The fourth-order valence-corrected chi connectivity index (χ4v) is 3.79. The van der Waals surface area contributed by atoms with Crippen LogP contribution in [0.5, 0.6) is 0 Å². The molecule has 0 aromatic carbocycles. The van der Waals surface area contributed by atoms with E-state index in [1.54, 1.807) is 11.8 Å². The van der Waals surface area contributed by atoms with Crippen LogP contribution in [-0.2, 0) is 4.79 Å². The zero-order chi connectivity index (χ0) is 6.97. The van der Waals surface area contributed by atoms with Gasteiger partial charge in [-0.1, -0.05) is 0 Å². The predicted molar refractivity (Wildman–Crippen MR) is 42.7 cm³/mol. The molecular formula is C6H5NOSSe. The first-order chi connectivity index (χ1) is 4.86. The van der Waals surface area contributed by atoms with Crippen molar-refractivity contribution >= 4 is 36.7 Å². The SMILES string of the molecule is O=C1CSc2cc[se]c2N1. The molecule has 0 aliphatic carbocycles. The topological polar surface area (TPSA) is 29.1 Å². The molecule has 1 aliphatic heterocycles. The van der Waals surface area contributed by atoms with Crippen LogP contribution >= 0.6 is 11.8 Å². The Balaban J connectivity index is 2.39. The van der Waals surface area contributed by atoms with Crippen LogP contribution in [0.4, 0.5) is 4.56 Å². The van der Waals surface area contributed by atoms with Gasteiger partial charge in [-0.05, 0) is 0 Å². The van der Waals surface area contributed by atoms with E-state index in [2.05, 4.69) is 16.3 Å². The monoisotopic (exact) mass is 219 g/mol. The van der Waals surface area contributed by atoms with E-state index in [-0.39, 0.29) is 5.91 Å². The molecule has 2 nitrogen and oxygen atoms in total. The van der Waals surface area contributed by atoms with E-state index in [9.17, 15) is 4.79 Å². The normalized spacial score (nSPS) is 16.2. The fraction of sp³-hybridized carbons (Fsp3) is 0.167. The van der Waals surface area contributed by atoms with Gasteiger partial charge in [0.2, 0.25) is 0 Å². The molecule has 0 radical (unpaired) electrons. The summed E-state index contributed by atoms with van der Waals surface area (Å²) >= 11 is 2.03. The summed E-state index contributed by atoms with van der Waals surface area (Å²) in [4.78, 5) is 14.2. The first-order valence-corrected chi connectivity index (χ1v) is 5.69. The molecule has 0 fully saturated rings. The van der Waals surface area contributed by atoms with Gasteiger partial charge in [0.15, 0.2) is 0 Å². The average Bonchev–Trinajstić information content (AvgIpc) is 2.33. The molecule has 0 saturated heterocycles. The van der Waals surface area contributed by atoms with Crippen LogP contribution in [0.25, 0.3) is 0 Å². The molecule has 1 amide bonds. The quantitative estimate of drug-likeness (QED) is 0.652. The summed E-state index contributed by atoms with van der Waals surface area (Å²) in [6.07, 6.45) is 0. The molecule has 1 aliphatic rings. The standard InChI is InChI=1S/C6H5NOSSe/c8-5-3-9-4-1-2-10-6(4)7-5/h1-2H,3H2,(H,7,8). The van der Waals surface area contributed by atoms with Gasteiger partial charge in [-0.15, -0.1) is 0 Å². The van der Waals surface area contributed by atoms with E-state index >= 15 is 0 Å². The number of amides is 1. The molecule has 2 heterocycles. The van der Waals surface area contributed by atoms with E-state index in [4.69, 9.17) is 0 Å². The maximum absolute atomic E-state index is 10.8. The van der Waals surface area contributed by atoms with Crippen molar-refractivity contribution in [1.29, 1.82) is 0 Å². The van der Waals surface area contributed by atoms with Crippen molar-refractivity contribution in [2.75, 3.05) is 11.1 Å². The van der Waals surface area contributed by atoms with Gasteiger partial charge >= 0.3 is 68.5 Å². The minimum absolute atomic E-state index is 0.148. The molecule has 0 spiro atoms. The van der Waals surface area contributed by atoms with Crippen LogP contribution in [0, 0.1) is 0 Å². The second kappa shape index (κ2) is 2.46. The van der Waals surface area contributed by atoms with Gasteiger partial charge in [0.1, 0.15) is 0 Å². The van der Waals surface area contributed by atoms with Crippen LogP contribution in [0.2, 0.25) is 0 Å². The Morgan fingerprint density at radius 2 is 2.60 bits per heavy atom. The van der Waals surface area contributed by atoms with Crippen molar-refractivity contribution in [2.45, 2.75) is 4.90 Å². The number of nitrogens with one attached hydrogen (secondary N) is 1. The van der Waals surface area contributed by atoms with Gasteiger partial charge < -0.3 is 0 Å². The van der Waals surface area contributed by atoms with Crippen LogP contribution in [0.15, 0.2) is 15.9 Å². The first kappa shape index (κ1) is 6.52. The number of anilines is 1. The molecular weight excluding hydrogens is 213 g/mol. The van der Waals surface area contributed by atoms with E-state index in [0.717, 1.165) is 4.56 Å². The van der Waals surface area contributed by atoms with Crippen molar-refractivity contribution in [1.82, 2.24) is 0 Å². The van der Waals surface area contributed by atoms with E-state index in [1.165, 1.54) is 4.90 Å². The summed E-state index contributed by atoms with van der Waals surface area (Å²) in [6, 6.07) is 2.10. The Hall–Kier alpha value is -0.181.